The van der Waals surface area contributed by atoms with Gasteiger partial charge in [0.1, 0.15) is 0 Å². The first-order valence-electron chi connectivity index (χ1n) is 7.53. The van der Waals surface area contributed by atoms with Gasteiger partial charge in [-0.05, 0) is 36.6 Å². The van der Waals surface area contributed by atoms with Gasteiger partial charge in [-0.15, -0.1) is 0 Å². The summed E-state index contributed by atoms with van der Waals surface area (Å²) in [6.45, 7) is 4.11. The SMILES string of the molecule is C=C1CCCN(C(=O)C=Cc2cc(OC)c(OC)c(OC)c2)C1=O. The number of rotatable bonds is 5. The van der Waals surface area contributed by atoms with Gasteiger partial charge in [-0.1, -0.05) is 6.58 Å². The van der Waals surface area contributed by atoms with Gasteiger partial charge in [0, 0.05) is 18.2 Å². The van der Waals surface area contributed by atoms with Crippen LogP contribution < -0.4 is 14.2 Å². The highest BCUT2D eigenvalue weighted by molar-refractivity contribution is 6.09. The third-order valence-corrected chi connectivity index (χ3v) is 3.78. The van der Waals surface area contributed by atoms with Crippen LogP contribution in [-0.4, -0.2) is 44.6 Å². The summed E-state index contributed by atoms with van der Waals surface area (Å²) in [4.78, 5) is 25.4. The topological polar surface area (TPSA) is 65.1 Å². The highest BCUT2D eigenvalue weighted by Gasteiger charge is 2.25. The standard InChI is InChI=1S/C18H21NO5/c1-12-6-5-9-19(18(12)21)16(20)8-7-13-10-14(22-2)17(24-4)15(11-13)23-3/h7-8,10-11H,1,5-6,9H2,2-4H3. The van der Waals surface area contributed by atoms with Gasteiger partial charge in [-0.3, -0.25) is 14.5 Å². The second-order valence-electron chi connectivity index (χ2n) is 5.29. The van der Waals surface area contributed by atoms with Crippen LogP contribution >= 0.6 is 0 Å². The molecule has 0 atom stereocenters. The van der Waals surface area contributed by atoms with E-state index in [0.717, 1.165) is 6.42 Å². The summed E-state index contributed by atoms with van der Waals surface area (Å²) in [6.07, 6.45) is 4.35. The molecule has 0 aromatic heterocycles. The summed E-state index contributed by atoms with van der Waals surface area (Å²) in [7, 11) is 4.57. The van der Waals surface area contributed by atoms with Crippen molar-refractivity contribution in [3.8, 4) is 17.2 Å². The fraction of sp³-hybridized carbons (Fsp3) is 0.333. The third-order valence-electron chi connectivity index (χ3n) is 3.78. The molecule has 128 valence electrons. The summed E-state index contributed by atoms with van der Waals surface area (Å²) in [5.74, 6) is 0.791. The fourth-order valence-electron chi connectivity index (χ4n) is 2.52. The highest BCUT2D eigenvalue weighted by Crippen LogP contribution is 2.38. The molecule has 0 spiro atoms. The Morgan fingerprint density at radius 1 is 1.17 bits per heavy atom. The van der Waals surface area contributed by atoms with Crippen LogP contribution in [0.15, 0.2) is 30.4 Å². The van der Waals surface area contributed by atoms with Crippen molar-refractivity contribution in [3.63, 3.8) is 0 Å². The monoisotopic (exact) mass is 331 g/mol. The van der Waals surface area contributed by atoms with Crippen LogP contribution in [-0.2, 0) is 9.59 Å². The Hall–Kier alpha value is -2.76. The number of piperidine rings is 1. The Labute approximate surface area is 141 Å². The number of nitrogens with zero attached hydrogens (tertiary/aromatic N) is 1. The van der Waals surface area contributed by atoms with Crippen LogP contribution in [0.1, 0.15) is 18.4 Å². The van der Waals surface area contributed by atoms with Gasteiger partial charge in [0.15, 0.2) is 11.5 Å². The normalized spacial score (nSPS) is 14.9. The summed E-state index contributed by atoms with van der Waals surface area (Å²) in [5, 5.41) is 0. The number of hydrogen-bond donors (Lipinski definition) is 0. The molecule has 0 aliphatic carbocycles. The molecule has 0 saturated carbocycles. The minimum Gasteiger partial charge on any atom is -0.493 e. The lowest BCUT2D eigenvalue weighted by atomic mass is 10.1. The van der Waals surface area contributed by atoms with Gasteiger partial charge in [-0.2, -0.15) is 0 Å². The molecule has 1 aromatic rings. The van der Waals surface area contributed by atoms with E-state index in [1.54, 1.807) is 18.2 Å². The molecule has 1 aromatic carbocycles. The second kappa shape index (κ2) is 7.68. The van der Waals surface area contributed by atoms with Crippen molar-refractivity contribution in [1.29, 1.82) is 0 Å². The van der Waals surface area contributed by atoms with Crippen molar-refractivity contribution >= 4 is 17.9 Å². The molecule has 0 radical (unpaired) electrons. The van der Waals surface area contributed by atoms with E-state index in [1.807, 2.05) is 0 Å². The van der Waals surface area contributed by atoms with Crippen molar-refractivity contribution in [2.45, 2.75) is 12.8 Å². The molecular weight excluding hydrogens is 310 g/mol. The van der Waals surface area contributed by atoms with Gasteiger partial charge in [-0.25, -0.2) is 0 Å². The van der Waals surface area contributed by atoms with E-state index < -0.39 is 0 Å². The van der Waals surface area contributed by atoms with Crippen molar-refractivity contribution in [3.05, 3.63) is 35.9 Å². The number of amides is 2. The Balaban J connectivity index is 2.23. The highest BCUT2D eigenvalue weighted by atomic mass is 16.5. The summed E-state index contributed by atoms with van der Waals surface area (Å²) in [5.41, 5.74) is 1.16. The number of carbonyl (C=O) groups excluding carboxylic acids is 2. The van der Waals surface area contributed by atoms with E-state index >= 15 is 0 Å². The van der Waals surface area contributed by atoms with Gasteiger partial charge in [0.2, 0.25) is 5.75 Å². The molecule has 1 saturated heterocycles. The molecule has 1 aliphatic heterocycles. The smallest absolute Gasteiger partial charge is 0.256 e. The van der Waals surface area contributed by atoms with Crippen molar-refractivity contribution in [1.82, 2.24) is 4.90 Å². The van der Waals surface area contributed by atoms with Crippen LogP contribution in [0.25, 0.3) is 6.08 Å². The molecule has 0 N–H and O–H groups in total. The fourth-order valence-corrected chi connectivity index (χ4v) is 2.52. The number of ether oxygens (including phenoxy) is 3. The maximum Gasteiger partial charge on any atom is 0.256 e. The van der Waals surface area contributed by atoms with Crippen LogP contribution in [0, 0.1) is 0 Å². The summed E-state index contributed by atoms with van der Waals surface area (Å²) >= 11 is 0. The van der Waals surface area contributed by atoms with E-state index in [9.17, 15) is 9.59 Å². The zero-order valence-electron chi connectivity index (χ0n) is 14.1. The number of imide groups is 1. The Morgan fingerprint density at radius 3 is 2.33 bits per heavy atom. The largest absolute Gasteiger partial charge is 0.493 e. The predicted molar refractivity (Wildman–Crippen MR) is 90.2 cm³/mol. The van der Waals surface area contributed by atoms with E-state index in [1.165, 1.54) is 32.3 Å². The molecule has 24 heavy (non-hydrogen) atoms. The first-order chi connectivity index (χ1) is 11.5. The minimum absolute atomic E-state index is 0.305. The first-order valence-corrected chi connectivity index (χ1v) is 7.53. The van der Waals surface area contributed by atoms with Crippen LogP contribution in [0.4, 0.5) is 0 Å². The average molecular weight is 331 g/mol. The predicted octanol–water partition coefficient (Wildman–Crippen LogP) is 2.43. The van der Waals surface area contributed by atoms with Gasteiger partial charge >= 0.3 is 0 Å². The molecule has 2 rings (SSSR count). The van der Waals surface area contributed by atoms with E-state index in [2.05, 4.69) is 6.58 Å². The molecule has 1 fully saturated rings. The van der Waals surface area contributed by atoms with Crippen LogP contribution in [0.5, 0.6) is 17.2 Å². The maximum atomic E-state index is 12.2. The number of benzene rings is 1. The molecule has 1 heterocycles. The minimum atomic E-state index is -0.366. The molecule has 1 aliphatic rings. The number of carbonyl (C=O) groups is 2. The molecule has 2 amide bonds. The number of methoxy groups -OCH3 is 3. The third kappa shape index (κ3) is 3.59. The maximum absolute atomic E-state index is 12.2. The van der Waals surface area contributed by atoms with E-state index in [-0.39, 0.29) is 11.8 Å². The van der Waals surface area contributed by atoms with E-state index in [4.69, 9.17) is 14.2 Å². The van der Waals surface area contributed by atoms with Crippen molar-refractivity contribution in [2.75, 3.05) is 27.9 Å². The van der Waals surface area contributed by atoms with Crippen LogP contribution in [0.3, 0.4) is 0 Å². The van der Waals surface area contributed by atoms with E-state index in [0.29, 0.717) is 41.4 Å². The Kier molecular flexibility index (Phi) is 5.63. The second-order valence-corrected chi connectivity index (χ2v) is 5.29. The van der Waals surface area contributed by atoms with Crippen molar-refractivity contribution in [2.24, 2.45) is 0 Å². The molecule has 6 nitrogen and oxygen atoms in total. The summed E-state index contributed by atoms with van der Waals surface area (Å²) in [6, 6.07) is 3.45. The lowest BCUT2D eigenvalue weighted by Gasteiger charge is -2.24. The zero-order chi connectivity index (χ0) is 17.7. The van der Waals surface area contributed by atoms with Gasteiger partial charge in [0.05, 0.1) is 21.3 Å². The Morgan fingerprint density at radius 2 is 1.79 bits per heavy atom. The first kappa shape index (κ1) is 17.6. The molecule has 6 heteroatoms. The number of likely N-dealkylation sites (tertiary alicyclic amines) is 1. The van der Waals surface area contributed by atoms with Gasteiger partial charge < -0.3 is 14.2 Å². The lowest BCUT2D eigenvalue weighted by molar-refractivity contribution is -0.140. The van der Waals surface area contributed by atoms with Gasteiger partial charge in [0.25, 0.3) is 11.8 Å². The molecule has 0 bridgehead atoms. The van der Waals surface area contributed by atoms with Crippen LogP contribution in [0.2, 0.25) is 0 Å². The number of hydrogen-bond acceptors (Lipinski definition) is 5. The zero-order valence-corrected chi connectivity index (χ0v) is 14.1. The lowest BCUT2D eigenvalue weighted by Crippen LogP contribution is -2.40. The summed E-state index contributed by atoms with van der Waals surface area (Å²) < 4.78 is 15.8. The molecular formula is C18H21NO5. The quantitative estimate of drug-likeness (QED) is 0.775. The Bertz CT molecular complexity index is 668. The average Bonchev–Trinajstić information content (AvgIpc) is 2.60. The van der Waals surface area contributed by atoms with Crippen molar-refractivity contribution < 1.29 is 23.8 Å². The molecule has 0 unspecified atom stereocenters.